The van der Waals surface area contributed by atoms with Crippen molar-refractivity contribution in [1.29, 1.82) is 0 Å². The maximum atomic E-state index is 12.8. The Kier molecular flexibility index (Phi) is 7.23. The lowest BCUT2D eigenvalue weighted by Crippen LogP contribution is -2.39. The number of allylic oxidation sites excluding steroid dienone is 1. The molecule has 9 heteroatoms. The van der Waals surface area contributed by atoms with Crippen molar-refractivity contribution < 1.29 is 19.1 Å². The quantitative estimate of drug-likeness (QED) is 0.596. The highest BCUT2D eigenvalue weighted by molar-refractivity contribution is 8.16. The van der Waals surface area contributed by atoms with E-state index in [-0.39, 0.29) is 18.4 Å². The van der Waals surface area contributed by atoms with Gasteiger partial charge in [-0.3, -0.25) is 4.79 Å². The summed E-state index contributed by atoms with van der Waals surface area (Å²) in [5, 5.41) is 6.20. The summed E-state index contributed by atoms with van der Waals surface area (Å²) in [7, 11) is 1.37. The maximum Gasteiger partial charge on any atom is 0.338 e. The van der Waals surface area contributed by atoms with Crippen molar-refractivity contribution in [3.8, 4) is 0 Å². The van der Waals surface area contributed by atoms with E-state index in [1.165, 1.54) is 18.9 Å². The molecule has 0 radical (unpaired) electrons. The molecule has 1 aromatic carbocycles. The minimum absolute atomic E-state index is 0.0816. The van der Waals surface area contributed by atoms with Crippen molar-refractivity contribution in [3.63, 3.8) is 0 Å². The average Bonchev–Trinajstić information content (AvgIpc) is 3.46. The molecule has 0 spiro atoms. The molecular weight excluding hydrogens is 450 g/mol. The second kappa shape index (κ2) is 10.1. The number of amidine groups is 1. The predicted molar refractivity (Wildman–Crippen MR) is 125 cm³/mol. The number of ether oxygens (including phenoxy) is 2. The van der Waals surface area contributed by atoms with Gasteiger partial charge in [-0.05, 0) is 42.4 Å². The van der Waals surface area contributed by atoms with Crippen LogP contribution in [0.3, 0.4) is 0 Å². The lowest BCUT2D eigenvalue weighted by molar-refractivity contribution is -0.136. The number of thioether (sulfide) groups is 1. The average molecular weight is 476 g/mol. The molecule has 3 aliphatic heterocycles. The van der Waals surface area contributed by atoms with E-state index in [2.05, 4.69) is 5.32 Å². The number of carbonyl (C=O) groups excluding carboxylic acids is 2. The van der Waals surface area contributed by atoms with Crippen molar-refractivity contribution in [2.24, 2.45) is 4.99 Å². The van der Waals surface area contributed by atoms with Crippen LogP contribution in [0.1, 0.15) is 44.2 Å². The second-order valence-electron chi connectivity index (χ2n) is 7.77. The molecule has 3 heterocycles. The molecule has 0 bridgehead atoms. The Labute approximate surface area is 196 Å². The minimum atomic E-state index is -0.476. The zero-order valence-electron chi connectivity index (χ0n) is 18.1. The Morgan fingerprint density at radius 3 is 2.94 bits per heavy atom. The Hall–Kier alpha value is -2.29. The van der Waals surface area contributed by atoms with Crippen molar-refractivity contribution in [2.75, 3.05) is 20.3 Å². The zero-order valence-corrected chi connectivity index (χ0v) is 19.7. The Balaban J connectivity index is 1.63. The van der Waals surface area contributed by atoms with Gasteiger partial charge in [-0.25, -0.2) is 9.79 Å². The van der Waals surface area contributed by atoms with Gasteiger partial charge in [-0.2, -0.15) is 0 Å². The summed E-state index contributed by atoms with van der Waals surface area (Å²) in [6.45, 7) is 3.21. The molecule has 1 aromatic rings. The van der Waals surface area contributed by atoms with Crippen molar-refractivity contribution >= 4 is 40.4 Å². The van der Waals surface area contributed by atoms with Gasteiger partial charge in [-0.15, -0.1) is 0 Å². The Morgan fingerprint density at radius 1 is 1.41 bits per heavy atom. The largest absolute Gasteiger partial charge is 0.466 e. The molecule has 0 aliphatic carbocycles. The van der Waals surface area contributed by atoms with Crippen LogP contribution >= 0.6 is 23.4 Å². The molecule has 1 N–H and O–H groups in total. The van der Waals surface area contributed by atoms with E-state index < -0.39 is 12.0 Å². The lowest BCUT2D eigenvalue weighted by Gasteiger charge is -2.36. The summed E-state index contributed by atoms with van der Waals surface area (Å²) >= 11 is 7.74. The first kappa shape index (κ1) is 22.9. The van der Waals surface area contributed by atoms with Gasteiger partial charge in [0.25, 0.3) is 0 Å². The molecule has 0 aromatic heterocycles. The summed E-state index contributed by atoms with van der Waals surface area (Å²) in [5.41, 5.74) is 2.76. The van der Waals surface area contributed by atoms with E-state index in [1.807, 2.05) is 35.4 Å². The van der Waals surface area contributed by atoms with E-state index in [0.29, 0.717) is 29.3 Å². The Morgan fingerprint density at radius 2 is 2.25 bits per heavy atom. The first-order valence-corrected chi connectivity index (χ1v) is 12.0. The first-order valence-electron chi connectivity index (χ1n) is 10.7. The number of aliphatic imine (C=N–C) groups is 1. The lowest BCUT2D eigenvalue weighted by atomic mass is 9.93. The molecule has 1 saturated heterocycles. The van der Waals surface area contributed by atoms with Crippen LogP contribution in [0.2, 0.25) is 5.02 Å². The van der Waals surface area contributed by atoms with Gasteiger partial charge >= 0.3 is 5.97 Å². The number of rotatable bonds is 7. The second-order valence-corrected chi connectivity index (χ2v) is 9.04. The van der Waals surface area contributed by atoms with E-state index >= 15 is 0 Å². The van der Waals surface area contributed by atoms with Gasteiger partial charge < -0.3 is 19.7 Å². The van der Waals surface area contributed by atoms with Crippen LogP contribution in [0.5, 0.6) is 0 Å². The number of nitrogens with zero attached hydrogens (tertiary/aromatic N) is 2. The molecule has 1 amide bonds. The molecule has 0 saturated carbocycles. The van der Waals surface area contributed by atoms with Crippen molar-refractivity contribution in [2.45, 2.75) is 44.8 Å². The minimum Gasteiger partial charge on any atom is -0.466 e. The normalized spacial score (nSPS) is 22.4. The number of carbonyl (C=O) groups is 2. The fourth-order valence-corrected chi connectivity index (χ4v) is 5.30. The van der Waals surface area contributed by atoms with Gasteiger partial charge in [0.1, 0.15) is 0 Å². The number of fused-ring (bicyclic) bond motifs is 1. The molecule has 170 valence electrons. The third-order valence-corrected chi connectivity index (χ3v) is 6.81. The van der Waals surface area contributed by atoms with Crippen molar-refractivity contribution in [1.82, 2.24) is 10.2 Å². The topological polar surface area (TPSA) is 80.2 Å². The number of amides is 1. The van der Waals surface area contributed by atoms with E-state index in [4.69, 9.17) is 26.1 Å². The van der Waals surface area contributed by atoms with Gasteiger partial charge in [0.05, 0.1) is 36.9 Å². The Bertz CT molecular complexity index is 1000. The van der Waals surface area contributed by atoms with Crippen LogP contribution in [0.15, 0.2) is 51.6 Å². The standard InChI is InChI=1S/C23H26ClN3O4S/c1-3-18-20(22(29)30-2)21(14-6-4-7-15(24)10-14)27-16(13-32-23(27)26-18)11-19(28)25-12-17-8-5-9-31-17/h4,6-7,10,13,17,21H,3,5,8-9,11-12H2,1-2H3,(H,25,28). The van der Waals surface area contributed by atoms with Gasteiger partial charge in [-0.1, -0.05) is 42.4 Å². The number of hydrogen-bond acceptors (Lipinski definition) is 7. The molecule has 3 aliphatic rings. The van der Waals surface area contributed by atoms with Gasteiger partial charge in [0.2, 0.25) is 5.91 Å². The summed E-state index contributed by atoms with van der Waals surface area (Å²) in [6.07, 6.45) is 2.83. The third kappa shape index (κ3) is 4.72. The van der Waals surface area contributed by atoms with Crippen LogP contribution in [0.25, 0.3) is 0 Å². The molecular formula is C23H26ClN3O4S. The molecule has 4 rings (SSSR count). The number of benzene rings is 1. The number of methoxy groups -OCH3 is 1. The van der Waals surface area contributed by atoms with Crippen LogP contribution < -0.4 is 5.32 Å². The molecule has 32 heavy (non-hydrogen) atoms. The monoisotopic (exact) mass is 475 g/mol. The summed E-state index contributed by atoms with van der Waals surface area (Å²) in [4.78, 5) is 32.2. The third-order valence-electron chi connectivity index (χ3n) is 5.69. The van der Waals surface area contributed by atoms with Gasteiger partial charge in [0.15, 0.2) is 5.17 Å². The van der Waals surface area contributed by atoms with Crippen LogP contribution in [-0.2, 0) is 19.1 Å². The van der Waals surface area contributed by atoms with Crippen LogP contribution in [0, 0.1) is 0 Å². The van der Waals surface area contributed by atoms with Gasteiger partial charge in [0, 0.05) is 23.9 Å². The van der Waals surface area contributed by atoms with E-state index in [0.717, 1.165) is 35.9 Å². The number of esters is 1. The SMILES string of the molecule is CCC1=C(C(=O)OC)C(c2cccc(Cl)c2)N2C(CC(=O)NCC3CCCO3)=CSC2=N1. The predicted octanol–water partition coefficient (Wildman–Crippen LogP) is 4.16. The highest BCUT2D eigenvalue weighted by atomic mass is 35.5. The molecule has 2 atom stereocenters. The number of hydrogen-bond donors (Lipinski definition) is 1. The fourth-order valence-electron chi connectivity index (χ4n) is 4.16. The van der Waals surface area contributed by atoms with E-state index in [1.54, 1.807) is 6.07 Å². The highest BCUT2D eigenvalue weighted by Crippen LogP contribution is 2.45. The molecule has 7 nitrogen and oxygen atoms in total. The summed E-state index contributed by atoms with van der Waals surface area (Å²) in [6, 6.07) is 6.93. The molecule has 1 fully saturated rings. The fraction of sp³-hybridized carbons (Fsp3) is 0.435. The number of nitrogens with one attached hydrogen (secondary N) is 1. The van der Waals surface area contributed by atoms with Crippen molar-refractivity contribution in [3.05, 3.63) is 57.2 Å². The highest BCUT2D eigenvalue weighted by Gasteiger charge is 2.41. The maximum absolute atomic E-state index is 12.8. The van der Waals surface area contributed by atoms with E-state index in [9.17, 15) is 9.59 Å². The zero-order chi connectivity index (χ0) is 22.7. The smallest absolute Gasteiger partial charge is 0.338 e. The number of halogens is 1. The first-order chi connectivity index (χ1) is 15.5. The molecule has 2 unspecified atom stereocenters. The van der Waals surface area contributed by atoms with Crippen LogP contribution in [-0.4, -0.2) is 48.3 Å². The summed E-state index contributed by atoms with van der Waals surface area (Å²) < 4.78 is 10.7. The van der Waals surface area contributed by atoms with Crippen LogP contribution in [0.4, 0.5) is 0 Å². The summed E-state index contributed by atoms with van der Waals surface area (Å²) in [5.74, 6) is -0.531.